The summed E-state index contributed by atoms with van der Waals surface area (Å²) in [5, 5.41) is 3.67. The molecule has 0 aromatic heterocycles. The van der Waals surface area contributed by atoms with E-state index in [1.165, 1.54) is 9.80 Å². The molecule has 4 amide bonds. The SMILES string of the molecule is CN1CC(=O)N(CCCC(=O)NCC(c2ccc(Cl)cc2)N2CCOCC2)C1=O. The van der Waals surface area contributed by atoms with E-state index < -0.39 is 0 Å². The molecule has 1 aromatic rings. The molecule has 158 valence electrons. The largest absolute Gasteiger partial charge is 0.379 e. The van der Waals surface area contributed by atoms with Gasteiger partial charge < -0.3 is 15.0 Å². The van der Waals surface area contributed by atoms with Crippen LogP contribution in [0.5, 0.6) is 0 Å². The van der Waals surface area contributed by atoms with Crippen LogP contribution in [0, 0.1) is 0 Å². The quantitative estimate of drug-likeness (QED) is 0.642. The maximum Gasteiger partial charge on any atom is 0.326 e. The maximum absolute atomic E-state index is 12.3. The normalized spacial score (nSPS) is 19.0. The number of ether oxygens (including phenoxy) is 1. The van der Waals surface area contributed by atoms with Gasteiger partial charge in [0.2, 0.25) is 11.8 Å². The zero-order valence-corrected chi connectivity index (χ0v) is 17.4. The van der Waals surface area contributed by atoms with E-state index in [4.69, 9.17) is 16.3 Å². The van der Waals surface area contributed by atoms with Gasteiger partial charge in [-0.2, -0.15) is 0 Å². The number of rotatable bonds is 8. The third kappa shape index (κ3) is 5.68. The predicted molar refractivity (Wildman–Crippen MR) is 109 cm³/mol. The van der Waals surface area contributed by atoms with E-state index in [-0.39, 0.29) is 43.4 Å². The first-order chi connectivity index (χ1) is 14.0. The second-order valence-corrected chi connectivity index (χ2v) is 7.74. The smallest absolute Gasteiger partial charge is 0.326 e. The van der Waals surface area contributed by atoms with Crippen molar-refractivity contribution in [1.29, 1.82) is 0 Å². The molecular formula is C20H27ClN4O4. The summed E-state index contributed by atoms with van der Waals surface area (Å²) in [6.45, 7) is 3.79. The first-order valence-corrected chi connectivity index (χ1v) is 10.2. The van der Waals surface area contributed by atoms with Crippen LogP contribution in [-0.4, -0.2) is 85.5 Å². The second kappa shape index (κ2) is 10.0. The van der Waals surface area contributed by atoms with E-state index in [1.54, 1.807) is 7.05 Å². The lowest BCUT2D eigenvalue weighted by Crippen LogP contribution is -2.43. The number of carbonyl (C=O) groups is 3. The van der Waals surface area contributed by atoms with Crippen molar-refractivity contribution in [3.8, 4) is 0 Å². The molecule has 1 atom stereocenters. The van der Waals surface area contributed by atoms with Crippen LogP contribution >= 0.6 is 11.6 Å². The fraction of sp³-hybridized carbons (Fsp3) is 0.550. The van der Waals surface area contributed by atoms with E-state index >= 15 is 0 Å². The van der Waals surface area contributed by atoms with Crippen LogP contribution in [0.2, 0.25) is 5.02 Å². The Balaban J connectivity index is 1.50. The van der Waals surface area contributed by atoms with Crippen LogP contribution in [0.4, 0.5) is 4.79 Å². The van der Waals surface area contributed by atoms with Crippen molar-refractivity contribution < 1.29 is 19.1 Å². The van der Waals surface area contributed by atoms with Crippen molar-refractivity contribution in [2.24, 2.45) is 0 Å². The molecule has 0 bridgehead atoms. The van der Waals surface area contributed by atoms with E-state index in [2.05, 4.69) is 10.2 Å². The molecule has 2 fully saturated rings. The van der Waals surface area contributed by atoms with Crippen LogP contribution < -0.4 is 5.32 Å². The lowest BCUT2D eigenvalue weighted by Gasteiger charge is -2.35. The number of hydrogen-bond acceptors (Lipinski definition) is 5. The van der Waals surface area contributed by atoms with Crippen molar-refractivity contribution in [3.63, 3.8) is 0 Å². The molecule has 1 N–H and O–H groups in total. The van der Waals surface area contributed by atoms with E-state index in [0.29, 0.717) is 31.2 Å². The zero-order valence-electron chi connectivity index (χ0n) is 16.6. The number of morpholine rings is 1. The third-order valence-corrected chi connectivity index (χ3v) is 5.50. The van der Waals surface area contributed by atoms with E-state index in [1.807, 2.05) is 24.3 Å². The molecule has 1 aromatic carbocycles. The minimum atomic E-state index is -0.300. The first-order valence-electron chi connectivity index (χ1n) is 9.85. The number of nitrogens with one attached hydrogen (secondary N) is 1. The Morgan fingerprint density at radius 1 is 1.21 bits per heavy atom. The Labute approximate surface area is 175 Å². The van der Waals surface area contributed by atoms with Gasteiger partial charge in [0.25, 0.3) is 0 Å². The van der Waals surface area contributed by atoms with Gasteiger partial charge in [-0.3, -0.25) is 19.4 Å². The Bertz CT molecular complexity index is 737. The summed E-state index contributed by atoms with van der Waals surface area (Å²) in [5.41, 5.74) is 1.09. The van der Waals surface area contributed by atoms with Crippen LogP contribution in [0.1, 0.15) is 24.4 Å². The lowest BCUT2D eigenvalue weighted by molar-refractivity contribution is -0.126. The van der Waals surface area contributed by atoms with Gasteiger partial charge in [-0.25, -0.2) is 4.79 Å². The monoisotopic (exact) mass is 422 g/mol. The molecule has 0 radical (unpaired) electrons. The second-order valence-electron chi connectivity index (χ2n) is 7.31. The number of carbonyl (C=O) groups excluding carboxylic acids is 3. The molecule has 0 spiro atoms. The number of likely N-dealkylation sites (N-methyl/N-ethyl adjacent to an activating group) is 1. The fourth-order valence-electron chi connectivity index (χ4n) is 3.62. The third-order valence-electron chi connectivity index (χ3n) is 5.25. The summed E-state index contributed by atoms with van der Waals surface area (Å²) in [6.07, 6.45) is 0.706. The molecule has 0 aliphatic carbocycles. The minimum absolute atomic E-state index is 0.0375. The number of hydrogen-bond donors (Lipinski definition) is 1. The average molecular weight is 423 g/mol. The molecule has 2 heterocycles. The lowest BCUT2D eigenvalue weighted by atomic mass is 10.0. The summed E-state index contributed by atoms with van der Waals surface area (Å²) in [7, 11) is 1.59. The molecule has 3 rings (SSSR count). The number of amides is 4. The number of imide groups is 1. The highest BCUT2D eigenvalue weighted by molar-refractivity contribution is 6.30. The number of halogens is 1. The summed E-state index contributed by atoms with van der Waals surface area (Å²) < 4.78 is 5.44. The molecule has 0 saturated carbocycles. The Kier molecular flexibility index (Phi) is 7.46. The van der Waals surface area contributed by atoms with Gasteiger partial charge in [0, 0.05) is 44.7 Å². The standard InChI is InChI=1S/C20H27ClN4O4/c1-23-14-19(27)25(20(23)28)8-2-3-18(26)22-13-17(24-9-11-29-12-10-24)15-4-6-16(21)7-5-15/h4-7,17H,2-3,8-14H2,1H3,(H,22,26). The Morgan fingerprint density at radius 2 is 1.90 bits per heavy atom. The molecule has 2 aliphatic rings. The molecule has 2 aliphatic heterocycles. The van der Waals surface area contributed by atoms with Crippen molar-refractivity contribution in [2.45, 2.75) is 18.9 Å². The van der Waals surface area contributed by atoms with Crippen molar-refractivity contribution in [3.05, 3.63) is 34.9 Å². The predicted octanol–water partition coefficient (Wildman–Crippen LogP) is 1.50. The number of nitrogens with zero attached hydrogens (tertiary/aromatic N) is 3. The molecule has 2 saturated heterocycles. The molecule has 8 nitrogen and oxygen atoms in total. The first kappa shape index (κ1) is 21.5. The summed E-state index contributed by atoms with van der Waals surface area (Å²) in [6, 6.07) is 7.41. The van der Waals surface area contributed by atoms with Crippen LogP contribution in [0.15, 0.2) is 24.3 Å². The zero-order chi connectivity index (χ0) is 20.8. The van der Waals surface area contributed by atoms with Crippen LogP contribution in [0.25, 0.3) is 0 Å². The average Bonchev–Trinajstić information content (AvgIpc) is 2.96. The number of urea groups is 1. The minimum Gasteiger partial charge on any atom is -0.379 e. The molecule has 29 heavy (non-hydrogen) atoms. The van der Waals surface area contributed by atoms with Gasteiger partial charge >= 0.3 is 6.03 Å². The summed E-state index contributed by atoms with van der Waals surface area (Å²) >= 11 is 6.01. The molecule has 9 heteroatoms. The van der Waals surface area contributed by atoms with Crippen LogP contribution in [-0.2, 0) is 14.3 Å². The summed E-state index contributed by atoms with van der Waals surface area (Å²) in [4.78, 5) is 40.9. The van der Waals surface area contributed by atoms with E-state index in [9.17, 15) is 14.4 Å². The highest BCUT2D eigenvalue weighted by Gasteiger charge is 2.33. The van der Waals surface area contributed by atoms with Crippen molar-refractivity contribution in [1.82, 2.24) is 20.0 Å². The van der Waals surface area contributed by atoms with Gasteiger partial charge in [0.05, 0.1) is 19.3 Å². The van der Waals surface area contributed by atoms with Crippen molar-refractivity contribution >= 4 is 29.4 Å². The Hall–Kier alpha value is -2.16. The highest BCUT2D eigenvalue weighted by Crippen LogP contribution is 2.23. The van der Waals surface area contributed by atoms with Gasteiger partial charge in [-0.05, 0) is 24.1 Å². The van der Waals surface area contributed by atoms with Crippen molar-refractivity contribution in [2.75, 3.05) is 53.0 Å². The highest BCUT2D eigenvalue weighted by atomic mass is 35.5. The molecule has 1 unspecified atom stereocenters. The van der Waals surface area contributed by atoms with Gasteiger partial charge in [0.1, 0.15) is 6.54 Å². The van der Waals surface area contributed by atoms with Gasteiger partial charge in [-0.15, -0.1) is 0 Å². The topological polar surface area (TPSA) is 82.2 Å². The fourth-order valence-corrected chi connectivity index (χ4v) is 3.74. The molecular weight excluding hydrogens is 396 g/mol. The maximum atomic E-state index is 12.3. The van der Waals surface area contributed by atoms with E-state index in [0.717, 1.165) is 18.7 Å². The summed E-state index contributed by atoms with van der Waals surface area (Å²) in [5.74, 6) is -0.308. The van der Waals surface area contributed by atoms with Crippen LogP contribution in [0.3, 0.4) is 0 Å². The Morgan fingerprint density at radius 3 is 2.52 bits per heavy atom. The van der Waals surface area contributed by atoms with Gasteiger partial charge in [0.15, 0.2) is 0 Å². The van der Waals surface area contributed by atoms with Gasteiger partial charge in [-0.1, -0.05) is 23.7 Å². The number of benzene rings is 1.